The molecule has 1 saturated heterocycles. The van der Waals surface area contributed by atoms with Crippen molar-refractivity contribution in [2.45, 2.75) is 26.3 Å². The number of aromatic nitrogens is 2. The average molecular weight is 209 g/mol. The second kappa shape index (κ2) is 4.66. The lowest BCUT2D eigenvalue weighted by molar-refractivity contribution is 0.259. The molecule has 0 radical (unpaired) electrons. The van der Waals surface area contributed by atoms with Crippen molar-refractivity contribution in [1.29, 1.82) is 0 Å². The van der Waals surface area contributed by atoms with E-state index >= 15 is 0 Å². The summed E-state index contributed by atoms with van der Waals surface area (Å²) in [7, 11) is 0. The Labute approximate surface area is 90.6 Å². The first-order valence-corrected chi connectivity index (χ1v) is 5.63. The maximum absolute atomic E-state index is 5.70. The number of hydrogen-bond donors (Lipinski definition) is 1. The summed E-state index contributed by atoms with van der Waals surface area (Å²) in [5, 5.41) is 7.57. The smallest absolute Gasteiger partial charge is 0.157 e. The fourth-order valence-electron chi connectivity index (χ4n) is 1.75. The molecular weight excluding hydrogens is 190 g/mol. The standard InChI is InChI=1S/C11H19N3O/c1-9(2)14-7-11(6-13-14)15-8-10-3-4-12-5-10/h6-7,9-10,12H,3-5,8H2,1-2H3. The first-order chi connectivity index (χ1) is 7.25. The van der Waals surface area contributed by atoms with Gasteiger partial charge in [-0.15, -0.1) is 0 Å². The Morgan fingerprint density at radius 1 is 1.67 bits per heavy atom. The molecule has 0 saturated carbocycles. The van der Waals surface area contributed by atoms with Crippen LogP contribution in [0, 0.1) is 5.92 Å². The van der Waals surface area contributed by atoms with Gasteiger partial charge in [0.15, 0.2) is 5.75 Å². The molecule has 2 rings (SSSR count). The summed E-state index contributed by atoms with van der Waals surface area (Å²) >= 11 is 0. The number of nitrogens with zero attached hydrogens (tertiary/aromatic N) is 2. The molecule has 1 fully saturated rings. The lowest BCUT2D eigenvalue weighted by Crippen LogP contribution is -2.15. The van der Waals surface area contributed by atoms with Gasteiger partial charge in [0, 0.05) is 18.5 Å². The molecule has 0 spiro atoms. The van der Waals surface area contributed by atoms with Crippen molar-refractivity contribution in [3.05, 3.63) is 12.4 Å². The first kappa shape index (κ1) is 10.5. The maximum Gasteiger partial charge on any atom is 0.157 e. The lowest BCUT2D eigenvalue weighted by atomic mass is 10.1. The van der Waals surface area contributed by atoms with E-state index in [-0.39, 0.29) is 0 Å². The second-order valence-electron chi connectivity index (χ2n) is 4.42. The third-order valence-electron chi connectivity index (χ3n) is 2.75. The summed E-state index contributed by atoms with van der Waals surface area (Å²) in [4.78, 5) is 0. The summed E-state index contributed by atoms with van der Waals surface area (Å²) in [6.45, 7) is 7.23. The van der Waals surface area contributed by atoms with Crippen LogP contribution in [0.5, 0.6) is 5.75 Å². The van der Waals surface area contributed by atoms with Crippen LogP contribution in [0.3, 0.4) is 0 Å². The van der Waals surface area contributed by atoms with Crippen LogP contribution in [0.15, 0.2) is 12.4 Å². The molecule has 15 heavy (non-hydrogen) atoms. The van der Waals surface area contributed by atoms with Crippen molar-refractivity contribution in [3.8, 4) is 5.75 Å². The van der Waals surface area contributed by atoms with Crippen LogP contribution in [0.4, 0.5) is 0 Å². The van der Waals surface area contributed by atoms with Crippen LogP contribution in [-0.2, 0) is 0 Å². The highest BCUT2D eigenvalue weighted by Crippen LogP contribution is 2.15. The van der Waals surface area contributed by atoms with Gasteiger partial charge in [-0.2, -0.15) is 5.10 Å². The van der Waals surface area contributed by atoms with Crippen LogP contribution in [-0.4, -0.2) is 29.5 Å². The van der Waals surface area contributed by atoms with E-state index in [1.54, 1.807) is 6.20 Å². The molecule has 0 aromatic carbocycles. The highest BCUT2D eigenvalue weighted by Gasteiger charge is 2.15. The number of nitrogens with one attached hydrogen (secondary N) is 1. The van der Waals surface area contributed by atoms with Crippen LogP contribution in [0.25, 0.3) is 0 Å². The van der Waals surface area contributed by atoms with E-state index in [2.05, 4.69) is 24.3 Å². The molecule has 4 heteroatoms. The molecule has 0 aliphatic carbocycles. The predicted molar refractivity (Wildman–Crippen MR) is 59.1 cm³/mol. The Morgan fingerprint density at radius 3 is 3.13 bits per heavy atom. The van der Waals surface area contributed by atoms with Gasteiger partial charge in [-0.25, -0.2) is 0 Å². The van der Waals surface area contributed by atoms with Crippen LogP contribution >= 0.6 is 0 Å². The Morgan fingerprint density at radius 2 is 2.53 bits per heavy atom. The van der Waals surface area contributed by atoms with Gasteiger partial charge in [0.2, 0.25) is 0 Å². The van der Waals surface area contributed by atoms with E-state index in [1.165, 1.54) is 6.42 Å². The molecule has 0 amide bonds. The second-order valence-corrected chi connectivity index (χ2v) is 4.42. The van der Waals surface area contributed by atoms with Gasteiger partial charge >= 0.3 is 0 Å². The van der Waals surface area contributed by atoms with Gasteiger partial charge in [0.05, 0.1) is 19.0 Å². The molecule has 1 atom stereocenters. The maximum atomic E-state index is 5.70. The predicted octanol–water partition coefficient (Wildman–Crippen LogP) is 1.45. The third kappa shape index (κ3) is 2.72. The summed E-state index contributed by atoms with van der Waals surface area (Å²) in [5.74, 6) is 1.54. The summed E-state index contributed by atoms with van der Waals surface area (Å²) < 4.78 is 7.62. The van der Waals surface area contributed by atoms with Gasteiger partial charge in [0.1, 0.15) is 0 Å². The zero-order valence-electron chi connectivity index (χ0n) is 9.44. The van der Waals surface area contributed by atoms with Crippen molar-refractivity contribution in [2.75, 3.05) is 19.7 Å². The zero-order chi connectivity index (χ0) is 10.7. The SMILES string of the molecule is CC(C)n1cc(OCC2CCNC2)cn1. The van der Waals surface area contributed by atoms with Crippen LogP contribution in [0.1, 0.15) is 26.3 Å². The van der Waals surface area contributed by atoms with Gasteiger partial charge < -0.3 is 10.1 Å². The van der Waals surface area contributed by atoms with E-state index in [9.17, 15) is 0 Å². The van der Waals surface area contributed by atoms with Gasteiger partial charge in [-0.05, 0) is 26.8 Å². The molecule has 1 N–H and O–H groups in total. The van der Waals surface area contributed by atoms with E-state index in [0.29, 0.717) is 12.0 Å². The summed E-state index contributed by atoms with van der Waals surface area (Å²) in [5.41, 5.74) is 0. The van der Waals surface area contributed by atoms with Crippen molar-refractivity contribution in [1.82, 2.24) is 15.1 Å². The summed E-state index contributed by atoms with van der Waals surface area (Å²) in [6.07, 6.45) is 4.98. The van der Waals surface area contributed by atoms with Gasteiger partial charge in [0.25, 0.3) is 0 Å². The van der Waals surface area contributed by atoms with Crippen LogP contribution < -0.4 is 10.1 Å². The molecular formula is C11H19N3O. The van der Waals surface area contributed by atoms with Crippen molar-refractivity contribution in [3.63, 3.8) is 0 Å². The average Bonchev–Trinajstić information content (AvgIpc) is 2.86. The molecule has 1 aliphatic rings. The minimum absolute atomic E-state index is 0.399. The fourth-order valence-corrected chi connectivity index (χ4v) is 1.75. The number of ether oxygens (including phenoxy) is 1. The quantitative estimate of drug-likeness (QED) is 0.815. The highest BCUT2D eigenvalue weighted by molar-refractivity contribution is 5.12. The van der Waals surface area contributed by atoms with Crippen LogP contribution in [0.2, 0.25) is 0 Å². The van der Waals surface area contributed by atoms with E-state index in [4.69, 9.17) is 4.74 Å². The molecule has 1 aromatic heterocycles. The van der Waals surface area contributed by atoms with Gasteiger partial charge in [-0.3, -0.25) is 4.68 Å². The zero-order valence-corrected chi connectivity index (χ0v) is 9.44. The summed E-state index contributed by atoms with van der Waals surface area (Å²) in [6, 6.07) is 0.399. The highest BCUT2D eigenvalue weighted by atomic mass is 16.5. The Kier molecular flexibility index (Phi) is 3.26. The molecule has 84 valence electrons. The van der Waals surface area contributed by atoms with Crippen molar-refractivity contribution < 1.29 is 4.74 Å². The minimum Gasteiger partial charge on any atom is -0.490 e. The monoisotopic (exact) mass is 209 g/mol. The van der Waals surface area contributed by atoms with E-state index < -0.39 is 0 Å². The fraction of sp³-hybridized carbons (Fsp3) is 0.727. The van der Waals surface area contributed by atoms with E-state index in [0.717, 1.165) is 25.4 Å². The molecule has 1 unspecified atom stereocenters. The molecule has 2 heterocycles. The molecule has 1 aromatic rings. The van der Waals surface area contributed by atoms with Crippen molar-refractivity contribution in [2.24, 2.45) is 5.92 Å². The molecule has 1 aliphatic heterocycles. The largest absolute Gasteiger partial charge is 0.490 e. The Balaban J connectivity index is 1.82. The van der Waals surface area contributed by atoms with E-state index in [1.807, 2.05) is 10.9 Å². The van der Waals surface area contributed by atoms with Crippen molar-refractivity contribution >= 4 is 0 Å². The number of hydrogen-bond acceptors (Lipinski definition) is 3. The Bertz CT molecular complexity index is 303. The normalized spacial score (nSPS) is 21.1. The minimum atomic E-state index is 0.399. The Hall–Kier alpha value is -1.03. The molecule has 0 bridgehead atoms. The topological polar surface area (TPSA) is 39.1 Å². The first-order valence-electron chi connectivity index (χ1n) is 5.63. The lowest BCUT2D eigenvalue weighted by Gasteiger charge is -2.08. The number of rotatable bonds is 4. The molecule has 4 nitrogen and oxygen atoms in total. The van der Waals surface area contributed by atoms with Gasteiger partial charge in [-0.1, -0.05) is 0 Å². The third-order valence-corrected chi connectivity index (χ3v) is 2.75.